The highest BCUT2D eigenvalue weighted by Gasteiger charge is 2.45. The summed E-state index contributed by atoms with van der Waals surface area (Å²) in [5.41, 5.74) is 0.399. The molecule has 8 heteroatoms. The molecule has 4 aromatic rings. The maximum absolute atomic E-state index is 14.9. The highest BCUT2D eigenvalue weighted by molar-refractivity contribution is 9.10. The van der Waals surface area contributed by atoms with Crippen LogP contribution >= 0.6 is 27.3 Å². The summed E-state index contributed by atoms with van der Waals surface area (Å²) in [6.45, 7) is 0.119. The number of aliphatic hydroxyl groups is 1. The van der Waals surface area contributed by atoms with Gasteiger partial charge in [-0.05, 0) is 41.8 Å². The van der Waals surface area contributed by atoms with Crippen LogP contribution in [-0.2, 0) is 11.3 Å². The van der Waals surface area contributed by atoms with E-state index in [2.05, 4.69) is 15.9 Å². The lowest BCUT2D eigenvalue weighted by atomic mass is 9.94. The van der Waals surface area contributed by atoms with Crippen molar-refractivity contribution in [3.05, 3.63) is 104 Å². The molecule has 160 valence electrons. The second-order valence-electron chi connectivity index (χ2n) is 7.32. The Morgan fingerprint density at radius 1 is 1.16 bits per heavy atom. The molecular formula is C24H15BrFNO4S. The third kappa shape index (κ3) is 3.45. The Labute approximate surface area is 194 Å². The number of halogens is 2. The number of para-hydroxylation sites is 1. The lowest BCUT2D eigenvalue weighted by Gasteiger charge is -2.26. The number of nitrogens with zero attached hydrogens (tertiary/aromatic N) is 1. The van der Waals surface area contributed by atoms with Gasteiger partial charge in [0.2, 0.25) is 5.78 Å². The first-order valence-electron chi connectivity index (χ1n) is 9.68. The molecule has 1 amide bonds. The number of furan rings is 1. The van der Waals surface area contributed by atoms with Crippen LogP contribution in [-0.4, -0.2) is 21.7 Å². The molecule has 32 heavy (non-hydrogen) atoms. The van der Waals surface area contributed by atoms with Crippen molar-refractivity contribution < 1.29 is 23.5 Å². The summed E-state index contributed by atoms with van der Waals surface area (Å²) in [5, 5.41) is 13.3. The zero-order valence-corrected chi connectivity index (χ0v) is 18.8. The standard InChI is InChI=1S/C24H15BrFNO4S/c25-14-7-8-17(26)16(11-14)21-20(22(28)19-10-13-4-1-2-6-18(13)31-19)23(29)24(30)27(21)12-15-5-3-9-32-15/h1-11,21,29H,12H2. The van der Waals surface area contributed by atoms with Gasteiger partial charge in [-0.15, -0.1) is 11.3 Å². The van der Waals surface area contributed by atoms with E-state index in [1.54, 1.807) is 24.3 Å². The molecule has 1 atom stereocenters. The summed E-state index contributed by atoms with van der Waals surface area (Å²) >= 11 is 4.76. The van der Waals surface area contributed by atoms with Gasteiger partial charge in [-0.25, -0.2) is 4.39 Å². The molecule has 5 nitrogen and oxygen atoms in total. The van der Waals surface area contributed by atoms with Gasteiger partial charge < -0.3 is 14.4 Å². The smallest absolute Gasteiger partial charge is 0.290 e. The molecule has 0 spiro atoms. The van der Waals surface area contributed by atoms with E-state index in [1.807, 2.05) is 23.6 Å². The summed E-state index contributed by atoms with van der Waals surface area (Å²) in [4.78, 5) is 28.7. The Morgan fingerprint density at radius 2 is 1.97 bits per heavy atom. The molecule has 0 aliphatic carbocycles. The molecule has 0 saturated heterocycles. The van der Waals surface area contributed by atoms with Crippen LogP contribution in [0.15, 0.2) is 86.3 Å². The quantitative estimate of drug-likeness (QED) is 0.325. The van der Waals surface area contributed by atoms with Gasteiger partial charge in [0, 0.05) is 20.3 Å². The second-order valence-corrected chi connectivity index (χ2v) is 9.27. The van der Waals surface area contributed by atoms with Gasteiger partial charge in [-0.2, -0.15) is 0 Å². The molecule has 3 heterocycles. The van der Waals surface area contributed by atoms with E-state index in [0.717, 1.165) is 4.88 Å². The number of benzene rings is 2. The van der Waals surface area contributed by atoms with Crippen LogP contribution in [0, 0.1) is 5.82 Å². The number of aliphatic hydroxyl groups excluding tert-OH is 1. The molecule has 0 saturated carbocycles. The van der Waals surface area contributed by atoms with Gasteiger partial charge >= 0.3 is 0 Å². The molecule has 0 bridgehead atoms. The molecule has 2 aromatic carbocycles. The largest absolute Gasteiger partial charge is 0.503 e. The van der Waals surface area contributed by atoms with E-state index < -0.39 is 29.3 Å². The lowest BCUT2D eigenvalue weighted by molar-refractivity contribution is -0.130. The monoisotopic (exact) mass is 511 g/mol. The molecule has 2 aromatic heterocycles. The molecule has 1 N–H and O–H groups in total. The van der Waals surface area contributed by atoms with Crippen molar-refractivity contribution in [2.24, 2.45) is 0 Å². The van der Waals surface area contributed by atoms with Crippen LogP contribution in [0.2, 0.25) is 0 Å². The van der Waals surface area contributed by atoms with E-state index in [9.17, 15) is 19.1 Å². The number of hydrogen-bond acceptors (Lipinski definition) is 5. The van der Waals surface area contributed by atoms with E-state index in [0.29, 0.717) is 15.4 Å². The number of fused-ring (bicyclic) bond motifs is 1. The van der Waals surface area contributed by atoms with Gasteiger partial charge in [-0.1, -0.05) is 40.2 Å². The van der Waals surface area contributed by atoms with Gasteiger partial charge in [0.15, 0.2) is 11.5 Å². The fraction of sp³-hybridized carbons (Fsp3) is 0.0833. The number of ketones is 1. The summed E-state index contributed by atoms with van der Waals surface area (Å²) in [5.74, 6) is -2.71. The number of Topliss-reactive ketones (excluding diaryl/α,β-unsaturated/α-hetero) is 1. The van der Waals surface area contributed by atoms with Crippen LogP contribution in [0.25, 0.3) is 11.0 Å². The minimum Gasteiger partial charge on any atom is -0.503 e. The first-order valence-corrected chi connectivity index (χ1v) is 11.4. The zero-order chi connectivity index (χ0) is 22.4. The second kappa shape index (κ2) is 8.03. The summed E-state index contributed by atoms with van der Waals surface area (Å²) < 4.78 is 21.2. The van der Waals surface area contributed by atoms with Crippen molar-refractivity contribution in [3.8, 4) is 0 Å². The fourth-order valence-electron chi connectivity index (χ4n) is 3.89. The van der Waals surface area contributed by atoms with Crippen molar-refractivity contribution in [3.63, 3.8) is 0 Å². The average Bonchev–Trinajstić information content (AvgIpc) is 3.50. The van der Waals surface area contributed by atoms with Crippen LogP contribution in [0.1, 0.15) is 27.0 Å². The highest BCUT2D eigenvalue weighted by Crippen LogP contribution is 2.42. The maximum atomic E-state index is 14.9. The van der Waals surface area contributed by atoms with Crippen LogP contribution in [0.3, 0.4) is 0 Å². The topological polar surface area (TPSA) is 70.8 Å². The number of thiophene rings is 1. The van der Waals surface area contributed by atoms with E-state index in [-0.39, 0.29) is 23.4 Å². The molecule has 0 fully saturated rings. The molecule has 0 radical (unpaired) electrons. The van der Waals surface area contributed by atoms with Crippen molar-refractivity contribution >= 4 is 49.9 Å². The number of carbonyl (C=O) groups is 2. The first kappa shape index (κ1) is 20.7. The van der Waals surface area contributed by atoms with Gasteiger partial charge in [0.25, 0.3) is 5.91 Å². The van der Waals surface area contributed by atoms with Crippen molar-refractivity contribution in [1.29, 1.82) is 0 Å². The number of hydrogen-bond donors (Lipinski definition) is 1. The van der Waals surface area contributed by atoms with Crippen LogP contribution < -0.4 is 0 Å². The summed E-state index contributed by atoms with van der Waals surface area (Å²) in [7, 11) is 0. The Bertz CT molecular complexity index is 1360. The van der Waals surface area contributed by atoms with Crippen molar-refractivity contribution in [1.82, 2.24) is 4.90 Å². The number of rotatable bonds is 5. The average molecular weight is 512 g/mol. The molecular weight excluding hydrogens is 497 g/mol. The Kier molecular flexibility index (Phi) is 5.19. The number of amides is 1. The Morgan fingerprint density at radius 3 is 2.72 bits per heavy atom. The lowest BCUT2D eigenvalue weighted by Crippen LogP contribution is -2.31. The van der Waals surface area contributed by atoms with Crippen molar-refractivity contribution in [2.45, 2.75) is 12.6 Å². The third-order valence-electron chi connectivity index (χ3n) is 5.36. The molecule has 1 aliphatic rings. The van der Waals surface area contributed by atoms with E-state index >= 15 is 0 Å². The fourth-order valence-corrected chi connectivity index (χ4v) is 4.97. The molecule has 1 aliphatic heterocycles. The molecule has 5 rings (SSSR count). The minimum absolute atomic E-state index is 0.0288. The first-order chi connectivity index (χ1) is 15.4. The van der Waals surface area contributed by atoms with Crippen LogP contribution in [0.4, 0.5) is 4.39 Å². The van der Waals surface area contributed by atoms with Crippen LogP contribution in [0.5, 0.6) is 0 Å². The van der Waals surface area contributed by atoms with E-state index in [4.69, 9.17) is 4.42 Å². The SMILES string of the molecule is O=C(C1=C(O)C(=O)N(Cc2cccs2)C1c1cc(Br)ccc1F)c1cc2ccccc2o1. The number of carbonyl (C=O) groups excluding carboxylic acids is 2. The van der Waals surface area contributed by atoms with Gasteiger partial charge in [0.1, 0.15) is 11.4 Å². The predicted molar refractivity (Wildman–Crippen MR) is 122 cm³/mol. The zero-order valence-electron chi connectivity index (χ0n) is 16.4. The van der Waals surface area contributed by atoms with Crippen molar-refractivity contribution in [2.75, 3.05) is 0 Å². The predicted octanol–water partition coefficient (Wildman–Crippen LogP) is 6.17. The Balaban J connectivity index is 1.65. The summed E-state index contributed by atoms with van der Waals surface area (Å²) in [6, 6.07) is 15.5. The van der Waals surface area contributed by atoms with E-state index in [1.165, 1.54) is 34.4 Å². The third-order valence-corrected chi connectivity index (χ3v) is 6.71. The normalized spacial score (nSPS) is 16.4. The van der Waals surface area contributed by atoms with Gasteiger partial charge in [0.05, 0.1) is 18.2 Å². The minimum atomic E-state index is -1.11. The Hall–Kier alpha value is -3.23. The highest BCUT2D eigenvalue weighted by atomic mass is 79.9. The van der Waals surface area contributed by atoms with Gasteiger partial charge in [-0.3, -0.25) is 9.59 Å². The summed E-state index contributed by atoms with van der Waals surface area (Å²) in [6.07, 6.45) is 0. The molecule has 1 unspecified atom stereocenters. The maximum Gasteiger partial charge on any atom is 0.290 e.